The molecule has 0 rings (SSSR count). The first-order valence-corrected chi connectivity index (χ1v) is 14.2. The second-order valence-corrected chi connectivity index (χ2v) is 10.8. The number of nitrogens with one attached hydrogen (secondary N) is 1. The van der Waals surface area contributed by atoms with E-state index in [-0.39, 0.29) is 31.8 Å². The van der Waals surface area contributed by atoms with Crippen LogP contribution in [0.15, 0.2) is 0 Å². The Morgan fingerprint density at radius 2 is 1.03 bits per heavy atom. The van der Waals surface area contributed by atoms with Crippen molar-refractivity contribution in [2.45, 2.75) is 136 Å². The van der Waals surface area contributed by atoms with Crippen LogP contribution in [-0.2, 0) is 19.1 Å². The predicted molar refractivity (Wildman–Crippen MR) is 145 cm³/mol. The molecule has 37 heavy (non-hydrogen) atoms. The lowest BCUT2D eigenvalue weighted by Crippen LogP contribution is -2.40. The van der Waals surface area contributed by atoms with Gasteiger partial charge in [0.15, 0.2) is 0 Å². The minimum Gasteiger partial charge on any atom is -0.481 e. The Bertz CT molecular complexity index is 647. The highest BCUT2D eigenvalue weighted by Crippen LogP contribution is 2.14. The van der Waals surface area contributed by atoms with E-state index < -0.39 is 23.6 Å². The molecular formula is C28H52N2O7. The Kier molecular flexibility index (Phi) is 20.4. The van der Waals surface area contributed by atoms with Gasteiger partial charge >= 0.3 is 18.0 Å². The van der Waals surface area contributed by atoms with Crippen molar-refractivity contribution in [2.75, 3.05) is 19.6 Å². The number of carboxylic acid groups (broad SMARTS) is 2. The molecule has 0 saturated heterocycles. The Balaban J connectivity index is 3.68. The van der Waals surface area contributed by atoms with Crippen LogP contribution in [-0.4, -0.2) is 64.3 Å². The van der Waals surface area contributed by atoms with Crippen LogP contribution in [0.4, 0.5) is 4.79 Å². The van der Waals surface area contributed by atoms with Gasteiger partial charge in [0, 0.05) is 32.5 Å². The zero-order valence-corrected chi connectivity index (χ0v) is 23.5. The van der Waals surface area contributed by atoms with E-state index in [0.717, 1.165) is 38.5 Å². The third-order valence-corrected chi connectivity index (χ3v) is 6.00. The summed E-state index contributed by atoms with van der Waals surface area (Å²) in [5, 5.41) is 20.4. The summed E-state index contributed by atoms with van der Waals surface area (Å²) >= 11 is 0. The molecule has 0 bridgehead atoms. The monoisotopic (exact) mass is 528 g/mol. The van der Waals surface area contributed by atoms with Crippen molar-refractivity contribution in [1.29, 1.82) is 0 Å². The molecule has 0 aliphatic heterocycles. The number of hydrogen-bond acceptors (Lipinski definition) is 5. The number of amides is 2. The van der Waals surface area contributed by atoms with E-state index in [1.807, 2.05) is 0 Å². The van der Waals surface area contributed by atoms with Crippen LogP contribution in [0, 0.1) is 0 Å². The fraction of sp³-hybridized carbons (Fsp3) is 0.857. The Morgan fingerprint density at radius 1 is 0.622 bits per heavy atom. The van der Waals surface area contributed by atoms with Crippen molar-refractivity contribution >= 4 is 23.9 Å². The Morgan fingerprint density at radius 3 is 1.46 bits per heavy atom. The molecule has 0 unspecified atom stereocenters. The number of carboxylic acids is 2. The van der Waals surface area contributed by atoms with Gasteiger partial charge in [-0.25, -0.2) is 4.79 Å². The quantitative estimate of drug-likeness (QED) is 0.136. The molecule has 2 amide bonds. The molecule has 0 fully saturated rings. The lowest BCUT2D eigenvalue weighted by Gasteiger charge is -2.27. The number of rotatable bonds is 23. The summed E-state index contributed by atoms with van der Waals surface area (Å²) in [4.78, 5) is 47.0. The standard InChI is InChI=1S/C28H52N2O7/c1-28(2,3)37-27(36)30(23-20-26(34)35)22-19-24(31)29-21-17-15-13-11-9-7-5-4-6-8-10-12-14-16-18-25(32)33/h4-23H2,1-3H3,(H,29,31)(H,32,33)(H,34,35). The SMILES string of the molecule is CC(C)(C)OC(=O)N(CCC(=O)O)CCC(=O)NCCCCCCCCCCCCCCCCC(=O)O. The molecule has 9 heteroatoms. The van der Waals surface area contributed by atoms with Gasteiger partial charge in [-0.15, -0.1) is 0 Å². The summed E-state index contributed by atoms with van der Waals surface area (Å²) in [6, 6.07) is 0. The zero-order chi connectivity index (χ0) is 27.9. The van der Waals surface area contributed by atoms with Crippen molar-refractivity contribution in [2.24, 2.45) is 0 Å². The zero-order valence-electron chi connectivity index (χ0n) is 23.5. The molecule has 0 radical (unpaired) electrons. The van der Waals surface area contributed by atoms with E-state index in [1.165, 1.54) is 56.3 Å². The average molecular weight is 529 g/mol. The molecule has 3 N–H and O–H groups in total. The molecule has 0 atom stereocenters. The third kappa shape index (κ3) is 25.1. The van der Waals surface area contributed by atoms with Crippen LogP contribution in [0.1, 0.15) is 130 Å². The first-order chi connectivity index (χ1) is 17.5. The smallest absolute Gasteiger partial charge is 0.410 e. The van der Waals surface area contributed by atoms with Crippen LogP contribution in [0.2, 0.25) is 0 Å². The van der Waals surface area contributed by atoms with Crippen molar-refractivity contribution in [3.05, 3.63) is 0 Å². The normalized spacial score (nSPS) is 11.2. The number of carbonyl (C=O) groups is 4. The maximum absolute atomic E-state index is 12.3. The van der Waals surface area contributed by atoms with E-state index in [0.29, 0.717) is 13.0 Å². The van der Waals surface area contributed by atoms with E-state index in [2.05, 4.69) is 5.32 Å². The predicted octanol–water partition coefficient (Wildman–Crippen LogP) is 6.14. The third-order valence-electron chi connectivity index (χ3n) is 6.00. The minimum atomic E-state index is -1.00. The number of carbonyl (C=O) groups excluding carboxylic acids is 2. The highest BCUT2D eigenvalue weighted by Gasteiger charge is 2.23. The van der Waals surface area contributed by atoms with Crippen LogP contribution in [0.5, 0.6) is 0 Å². The van der Waals surface area contributed by atoms with Gasteiger partial charge in [-0.05, 0) is 33.6 Å². The topological polar surface area (TPSA) is 133 Å². The average Bonchev–Trinajstić information content (AvgIpc) is 2.79. The number of hydrogen-bond donors (Lipinski definition) is 3. The molecule has 0 heterocycles. The van der Waals surface area contributed by atoms with Crippen molar-refractivity contribution in [1.82, 2.24) is 10.2 Å². The van der Waals surface area contributed by atoms with Crippen molar-refractivity contribution in [3.63, 3.8) is 0 Å². The Hall–Kier alpha value is -2.32. The molecular weight excluding hydrogens is 476 g/mol. The van der Waals surface area contributed by atoms with Gasteiger partial charge in [-0.2, -0.15) is 0 Å². The van der Waals surface area contributed by atoms with E-state index in [9.17, 15) is 19.2 Å². The largest absolute Gasteiger partial charge is 0.481 e. The first-order valence-electron chi connectivity index (χ1n) is 14.2. The maximum Gasteiger partial charge on any atom is 0.410 e. The fourth-order valence-corrected chi connectivity index (χ4v) is 3.93. The molecule has 0 aromatic heterocycles. The van der Waals surface area contributed by atoms with Crippen LogP contribution in [0.25, 0.3) is 0 Å². The number of unbranched alkanes of at least 4 members (excludes halogenated alkanes) is 13. The first kappa shape index (κ1) is 34.7. The summed E-state index contributed by atoms with van der Waals surface area (Å²) in [7, 11) is 0. The highest BCUT2D eigenvalue weighted by molar-refractivity contribution is 5.77. The van der Waals surface area contributed by atoms with Crippen LogP contribution in [0.3, 0.4) is 0 Å². The molecule has 0 spiro atoms. The van der Waals surface area contributed by atoms with Gasteiger partial charge in [-0.3, -0.25) is 14.4 Å². The number of nitrogens with zero attached hydrogens (tertiary/aromatic N) is 1. The van der Waals surface area contributed by atoms with Gasteiger partial charge in [0.1, 0.15) is 5.60 Å². The fourth-order valence-electron chi connectivity index (χ4n) is 3.93. The lowest BCUT2D eigenvalue weighted by molar-refractivity contribution is -0.138. The Labute approximate surface area is 223 Å². The van der Waals surface area contributed by atoms with Crippen LogP contribution < -0.4 is 5.32 Å². The van der Waals surface area contributed by atoms with Crippen molar-refractivity contribution < 1.29 is 34.1 Å². The summed E-state index contributed by atoms with van der Waals surface area (Å²) in [6.45, 7) is 5.97. The van der Waals surface area contributed by atoms with E-state index >= 15 is 0 Å². The minimum absolute atomic E-state index is 0.00765. The molecule has 0 aromatic rings. The van der Waals surface area contributed by atoms with Gasteiger partial charge < -0.3 is 25.2 Å². The van der Waals surface area contributed by atoms with E-state index in [1.54, 1.807) is 20.8 Å². The summed E-state index contributed by atoms with van der Waals surface area (Å²) in [5.41, 5.74) is -0.687. The molecule has 0 aliphatic rings. The van der Waals surface area contributed by atoms with Gasteiger partial charge in [0.2, 0.25) is 5.91 Å². The second kappa shape index (κ2) is 21.7. The number of aliphatic carboxylic acids is 2. The van der Waals surface area contributed by atoms with E-state index in [4.69, 9.17) is 14.9 Å². The molecule has 9 nitrogen and oxygen atoms in total. The highest BCUT2D eigenvalue weighted by atomic mass is 16.6. The van der Waals surface area contributed by atoms with Gasteiger partial charge in [0.25, 0.3) is 0 Å². The molecule has 0 aliphatic carbocycles. The second-order valence-electron chi connectivity index (χ2n) is 10.8. The summed E-state index contributed by atoms with van der Waals surface area (Å²) < 4.78 is 5.31. The maximum atomic E-state index is 12.3. The lowest BCUT2D eigenvalue weighted by atomic mass is 10.0. The molecule has 216 valence electrons. The summed E-state index contributed by atoms with van der Waals surface area (Å²) in [5.74, 6) is -1.85. The molecule has 0 aromatic carbocycles. The number of ether oxygens (including phenoxy) is 1. The van der Waals surface area contributed by atoms with Gasteiger partial charge in [0.05, 0.1) is 6.42 Å². The van der Waals surface area contributed by atoms with Gasteiger partial charge in [-0.1, -0.05) is 77.0 Å². The van der Waals surface area contributed by atoms with Crippen LogP contribution >= 0.6 is 0 Å². The van der Waals surface area contributed by atoms with Crippen molar-refractivity contribution in [3.8, 4) is 0 Å². The molecule has 0 saturated carbocycles. The summed E-state index contributed by atoms with van der Waals surface area (Å²) in [6.07, 6.45) is 15.8.